The first-order chi connectivity index (χ1) is 18.0. The van der Waals surface area contributed by atoms with Crippen LogP contribution in [0.1, 0.15) is 43.7 Å². The molecule has 4 heteroatoms. The first-order valence-electron chi connectivity index (χ1n) is 12.8. The lowest BCUT2D eigenvalue weighted by molar-refractivity contribution is 0.0353. The highest BCUT2D eigenvalue weighted by molar-refractivity contribution is 5.72. The van der Waals surface area contributed by atoms with Crippen LogP contribution in [0.4, 0.5) is 0 Å². The average Bonchev–Trinajstić information content (AvgIpc) is 2.96. The molecule has 0 bridgehead atoms. The fraction of sp³-hybridized carbons (Fsp3) is 0.182. The Morgan fingerprint density at radius 1 is 0.703 bits per heavy atom. The van der Waals surface area contributed by atoms with E-state index >= 15 is 0 Å². The number of aliphatic hydroxyl groups is 1. The van der Waals surface area contributed by atoms with Crippen LogP contribution in [0.5, 0.6) is 0 Å². The second-order valence-electron chi connectivity index (χ2n) is 10.1. The summed E-state index contributed by atoms with van der Waals surface area (Å²) in [6.07, 6.45) is 3.63. The van der Waals surface area contributed by atoms with E-state index in [1.165, 1.54) is 5.56 Å². The highest BCUT2D eigenvalue weighted by Gasteiger charge is 2.32. The maximum absolute atomic E-state index is 10.8. The molecule has 182 valence electrons. The standard InChI is InChI=1S/C33H29N3O/c1-22-17-18-33(2,37)28-15-13-25(19-27(22)28)29-16-14-26(21-34-29)32-35-30(23-9-5-3-6-10-23)20-31(36-32)24-11-7-4-8-12-24/h3-16,19-22,37H,17-18H2,1-2H3. The molecule has 1 aliphatic carbocycles. The third kappa shape index (κ3) is 4.56. The van der Waals surface area contributed by atoms with E-state index in [9.17, 15) is 5.11 Å². The van der Waals surface area contributed by atoms with Gasteiger partial charge in [0.1, 0.15) is 0 Å². The van der Waals surface area contributed by atoms with Gasteiger partial charge in [-0.25, -0.2) is 9.97 Å². The van der Waals surface area contributed by atoms with Gasteiger partial charge in [0, 0.05) is 28.5 Å². The van der Waals surface area contributed by atoms with Crippen LogP contribution in [0, 0.1) is 0 Å². The minimum Gasteiger partial charge on any atom is -0.385 e. The van der Waals surface area contributed by atoms with E-state index in [1.54, 1.807) is 0 Å². The second-order valence-corrected chi connectivity index (χ2v) is 10.1. The summed E-state index contributed by atoms with van der Waals surface area (Å²) < 4.78 is 0. The Kier molecular flexibility index (Phi) is 5.90. The smallest absolute Gasteiger partial charge is 0.161 e. The first kappa shape index (κ1) is 23.3. The Balaban J connectivity index is 1.39. The molecule has 0 amide bonds. The molecule has 5 aromatic rings. The second kappa shape index (κ2) is 9.38. The number of aromatic nitrogens is 3. The van der Waals surface area contributed by atoms with Gasteiger partial charge in [-0.15, -0.1) is 0 Å². The van der Waals surface area contributed by atoms with Crippen molar-refractivity contribution in [1.29, 1.82) is 0 Å². The third-order valence-corrected chi connectivity index (χ3v) is 7.41. The van der Waals surface area contributed by atoms with Crippen molar-refractivity contribution in [3.8, 4) is 45.2 Å². The molecule has 1 aliphatic rings. The molecule has 4 nitrogen and oxygen atoms in total. The Hall–Kier alpha value is -4.15. The molecule has 2 aromatic heterocycles. The van der Waals surface area contributed by atoms with E-state index in [-0.39, 0.29) is 0 Å². The summed E-state index contributed by atoms with van der Waals surface area (Å²) in [6, 6.07) is 32.8. The van der Waals surface area contributed by atoms with Crippen LogP contribution < -0.4 is 0 Å². The predicted molar refractivity (Wildman–Crippen MR) is 149 cm³/mol. The summed E-state index contributed by atoms with van der Waals surface area (Å²) in [4.78, 5) is 14.6. The van der Waals surface area contributed by atoms with Crippen molar-refractivity contribution in [1.82, 2.24) is 15.0 Å². The Bertz CT molecular complexity index is 1490. The fourth-order valence-corrected chi connectivity index (χ4v) is 5.19. The van der Waals surface area contributed by atoms with Crippen LogP contribution in [-0.4, -0.2) is 20.1 Å². The van der Waals surface area contributed by atoms with Gasteiger partial charge >= 0.3 is 0 Å². The van der Waals surface area contributed by atoms with Crippen molar-refractivity contribution < 1.29 is 5.11 Å². The predicted octanol–water partition coefficient (Wildman–Crippen LogP) is 7.64. The molecule has 0 saturated carbocycles. The third-order valence-electron chi connectivity index (χ3n) is 7.41. The number of rotatable bonds is 4. The van der Waals surface area contributed by atoms with Crippen molar-refractivity contribution in [2.45, 2.75) is 38.2 Å². The molecule has 2 atom stereocenters. The average molecular weight is 484 g/mol. The van der Waals surface area contributed by atoms with Gasteiger partial charge in [-0.3, -0.25) is 4.98 Å². The molecule has 0 saturated heterocycles. The number of hydrogen-bond donors (Lipinski definition) is 1. The van der Waals surface area contributed by atoms with E-state index in [1.807, 2.05) is 67.7 Å². The van der Waals surface area contributed by atoms with Crippen LogP contribution in [0.3, 0.4) is 0 Å². The van der Waals surface area contributed by atoms with Crippen LogP contribution in [0.25, 0.3) is 45.2 Å². The van der Waals surface area contributed by atoms with E-state index in [2.05, 4.69) is 49.4 Å². The van der Waals surface area contributed by atoms with Crippen LogP contribution >= 0.6 is 0 Å². The number of nitrogens with zero attached hydrogens (tertiary/aromatic N) is 3. The number of fused-ring (bicyclic) bond motifs is 1. The van der Waals surface area contributed by atoms with Gasteiger partial charge in [-0.05, 0) is 61.1 Å². The normalized spacial score (nSPS) is 18.8. The highest BCUT2D eigenvalue weighted by atomic mass is 16.3. The van der Waals surface area contributed by atoms with Crippen molar-refractivity contribution in [3.63, 3.8) is 0 Å². The van der Waals surface area contributed by atoms with Gasteiger partial charge in [0.25, 0.3) is 0 Å². The van der Waals surface area contributed by atoms with E-state index < -0.39 is 5.60 Å². The van der Waals surface area contributed by atoms with Gasteiger partial charge in [0.2, 0.25) is 0 Å². The monoisotopic (exact) mass is 483 g/mol. The van der Waals surface area contributed by atoms with Gasteiger partial charge in [0.15, 0.2) is 5.82 Å². The summed E-state index contributed by atoms with van der Waals surface area (Å²) in [5.41, 5.74) is 8.15. The molecular formula is C33H29N3O. The number of pyridine rings is 1. The first-order valence-corrected chi connectivity index (χ1v) is 12.8. The minimum atomic E-state index is -0.769. The molecule has 0 spiro atoms. The molecular weight excluding hydrogens is 454 g/mol. The maximum atomic E-state index is 10.8. The highest BCUT2D eigenvalue weighted by Crippen LogP contribution is 2.42. The Morgan fingerprint density at radius 3 is 1.92 bits per heavy atom. The Labute approximate surface area is 217 Å². The van der Waals surface area contributed by atoms with Crippen LogP contribution in [0.15, 0.2) is 103 Å². The SMILES string of the molecule is CC1CCC(C)(O)c2ccc(-c3ccc(-c4nc(-c5ccccc5)cc(-c5ccccc5)n4)cn3)cc21. The van der Waals surface area contributed by atoms with E-state index in [0.29, 0.717) is 11.7 Å². The molecule has 0 fully saturated rings. The maximum Gasteiger partial charge on any atom is 0.161 e. The van der Waals surface area contributed by atoms with Crippen molar-refractivity contribution in [2.24, 2.45) is 0 Å². The largest absolute Gasteiger partial charge is 0.385 e. The molecule has 6 rings (SSSR count). The molecule has 0 aliphatic heterocycles. The van der Waals surface area contributed by atoms with E-state index in [0.717, 1.165) is 57.7 Å². The summed E-state index contributed by atoms with van der Waals surface area (Å²) in [5.74, 6) is 1.06. The van der Waals surface area contributed by atoms with E-state index in [4.69, 9.17) is 15.0 Å². The van der Waals surface area contributed by atoms with Crippen molar-refractivity contribution >= 4 is 0 Å². The topological polar surface area (TPSA) is 58.9 Å². The lowest BCUT2D eigenvalue weighted by Crippen LogP contribution is -2.28. The zero-order valence-corrected chi connectivity index (χ0v) is 21.1. The Morgan fingerprint density at radius 2 is 1.32 bits per heavy atom. The van der Waals surface area contributed by atoms with Crippen LogP contribution in [0.2, 0.25) is 0 Å². The van der Waals surface area contributed by atoms with Gasteiger partial charge in [-0.1, -0.05) is 79.7 Å². The molecule has 2 heterocycles. The zero-order valence-electron chi connectivity index (χ0n) is 21.1. The molecule has 2 unspecified atom stereocenters. The quantitative estimate of drug-likeness (QED) is 0.285. The van der Waals surface area contributed by atoms with Gasteiger partial charge < -0.3 is 5.11 Å². The zero-order chi connectivity index (χ0) is 25.4. The van der Waals surface area contributed by atoms with Crippen molar-refractivity contribution in [2.75, 3.05) is 0 Å². The molecule has 1 N–H and O–H groups in total. The van der Waals surface area contributed by atoms with Crippen LogP contribution in [-0.2, 0) is 5.60 Å². The fourth-order valence-electron chi connectivity index (χ4n) is 5.19. The summed E-state index contributed by atoms with van der Waals surface area (Å²) in [7, 11) is 0. The lowest BCUT2D eigenvalue weighted by atomic mass is 9.75. The molecule has 0 radical (unpaired) electrons. The minimum absolute atomic E-state index is 0.417. The molecule has 3 aromatic carbocycles. The number of hydrogen-bond acceptors (Lipinski definition) is 4. The number of benzene rings is 3. The summed E-state index contributed by atoms with van der Waals surface area (Å²) >= 11 is 0. The van der Waals surface area contributed by atoms with Crippen molar-refractivity contribution in [3.05, 3.63) is 114 Å². The summed E-state index contributed by atoms with van der Waals surface area (Å²) in [6.45, 7) is 4.15. The summed E-state index contributed by atoms with van der Waals surface area (Å²) in [5, 5.41) is 10.8. The molecule has 37 heavy (non-hydrogen) atoms. The van der Waals surface area contributed by atoms with Gasteiger partial charge in [-0.2, -0.15) is 0 Å². The van der Waals surface area contributed by atoms with Gasteiger partial charge in [0.05, 0.1) is 22.7 Å². The lowest BCUT2D eigenvalue weighted by Gasteiger charge is -2.34.